The molecule has 1 aromatic carbocycles. The Labute approximate surface area is 124 Å². The quantitative estimate of drug-likeness (QED) is 0.628. The highest BCUT2D eigenvalue weighted by Gasteiger charge is 2.28. The van der Waals surface area contributed by atoms with E-state index in [4.69, 9.17) is 9.47 Å². The molecule has 5 nitrogen and oxygen atoms in total. The highest BCUT2D eigenvalue weighted by molar-refractivity contribution is 5.89. The van der Waals surface area contributed by atoms with Gasteiger partial charge in [0.05, 0.1) is 12.7 Å². The number of hydrogen-bond donors (Lipinski definition) is 0. The molecule has 0 aromatic heterocycles. The monoisotopic (exact) mass is 292 g/mol. The standard InChI is InChI=1S/C16H20O5/c1-11(14(17)19-5)13(12-9-7-6-8-10-12)20-15(18)21-16(2,3)4/h6-10,13H,1H2,2-5H3/t13-/m0/s1. The van der Waals surface area contributed by atoms with Gasteiger partial charge in [0.1, 0.15) is 5.60 Å². The minimum absolute atomic E-state index is 0.0227. The first kappa shape index (κ1) is 16.8. The van der Waals surface area contributed by atoms with E-state index in [2.05, 4.69) is 11.3 Å². The maximum atomic E-state index is 11.8. The van der Waals surface area contributed by atoms with Crippen LogP contribution in [0.25, 0.3) is 0 Å². The van der Waals surface area contributed by atoms with Crippen molar-refractivity contribution in [3.8, 4) is 0 Å². The molecule has 0 bridgehead atoms. The summed E-state index contributed by atoms with van der Waals surface area (Å²) in [6, 6.07) is 8.80. The lowest BCUT2D eigenvalue weighted by atomic mass is 10.0. The number of hydrogen-bond acceptors (Lipinski definition) is 5. The summed E-state index contributed by atoms with van der Waals surface area (Å²) in [5.74, 6) is -0.646. The van der Waals surface area contributed by atoms with E-state index in [9.17, 15) is 9.59 Å². The summed E-state index contributed by atoms with van der Waals surface area (Å²) in [6.07, 6.45) is -1.82. The van der Waals surface area contributed by atoms with Crippen molar-refractivity contribution in [2.45, 2.75) is 32.5 Å². The molecule has 114 valence electrons. The molecule has 0 radical (unpaired) electrons. The first-order valence-electron chi connectivity index (χ1n) is 6.46. The van der Waals surface area contributed by atoms with Crippen molar-refractivity contribution >= 4 is 12.1 Å². The van der Waals surface area contributed by atoms with Crippen LogP contribution >= 0.6 is 0 Å². The number of ether oxygens (including phenoxy) is 3. The molecular weight excluding hydrogens is 272 g/mol. The number of methoxy groups -OCH3 is 1. The van der Waals surface area contributed by atoms with Crippen LogP contribution in [0.5, 0.6) is 0 Å². The second kappa shape index (κ2) is 6.92. The van der Waals surface area contributed by atoms with Gasteiger partial charge in [-0.15, -0.1) is 0 Å². The van der Waals surface area contributed by atoms with Crippen molar-refractivity contribution in [1.82, 2.24) is 0 Å². The highest BCUT2D eigenvalue weighted by atomic mass is 16.7. The summed E-state index contributed by atoms with van der Waals surface area (Å²) < 4.78 is 15.0. The molecule has 0 aliphatic heterocycles. The van der Waals surface area contributed by atoms with Crippen LogP contribution in [0.2, 0.25) is 0 Å². The van der Waals surface area contributed by atoms with Gasteiger partial charge in [-0.1, -0.05) is 36.9 Å². The predicted molar refractivity (Wildman–Crippen MR) is 77.7 cm³/mol. The van der Waals surface area contributed by atoms with Crippen molar-refractivity contribution in [3.05, 3.63) is 48.0 Å². The van der Waals surface area contributed by atoms with Crippen LogP contribution in [0, 0.1) is 0 Å². The number of carbonyl (C=O) groups excluding carboxylic acids is 2. The summed E-state index contributed by atoms with van der Waals surface area (Å²) in [5, 5.41) is 0. The molecule has 0 spiro atoms. The zero-order chi connectivity index (χ0) is 16.0. The van der Waals surface area contributed by atoms with Crippen LogP contribution in [-0.2, 0) is 19.0 Å². The third-order valence-electron chi connectivity index (χ3n) is 2.47. The smallest absolute Gasteiger partial charge is 0.466 e. The summed E-state index contributed by atoms with van der Waals surface area (Å²) in [5.41, 5.74) is -0.0569. The molecule has 0 unspecified atom stereocenters. The fourth-order valence-corrected chi connectivity index (χ4v) is 1.58. The van der Waals surface area contributed by atoms with Crippen LogP contribution in [0.15, 0.2) is 42.5 Å². The molecule has 0 aliphatic rings. The van der Waals surface area contributed by atoms with Gasteiger partial charge in [-0.05, 0) is 26.3 Å². The molecule has 0 aliphatic carbocycles. The van der Waals surface area contributed by atoms with Crippen LogP contribution in [0.3, 0.4) is 0 Å². The van der Waals surface area contributed by atoms with E-state index >= 15 is 0 Å². The van der Waals surface area contributed by atoms with Crippen LogP contribution in [0.1, 0.15) is 32.4 Å². The minimum Gasteiger partial charge on any atom is -0.466 e. The molecular formula is C16H20O5. The van der Waals surface area contributed by atoms with Crippen molar-refractivity contribution < 1.29 is 23.8 Å². The Balaban J connectivity index is 2.96. The normalized spacial score (nSPS) is 12.2. The molecule has 21 heavy (non-hydrogen) atoms. The van der Waals surface area contributed by atoms with Gasteiger partial charge in [-0.3, -0.25) is 0 Å². The van der Waals surface area contributed by atoms with E-state index in [1.54, 1.807) is 45.0 Å². The summed E-state index contributed by atoms with van der Waals surface area (Å²) in [4.78, 5) is 23.5. The van der Waals surface area contributed by atoms with Gasteiger partial charge >= 0.3 is 12.1 Å². The van der Waals surface area contributed by atoms with Crippen molar-refractivity contribution in [3.63, 3.8) is 0 Å². The maximum absolute atomic E-state index is 11.8. The largest absolute Gasteiger partial charge is 0.509 e. The molecule has 1 atom stereocenters. The average Bonchev–Trinajstić information content (AvgIpc) is 2.42. The highest BCUT2D eigenvalue weighted by Crippen LogP contribution is 2.26. The summed E-state index contributed by atoms with van der Waals surface area (Å²) >= 11 is 0. The van der Waals surface area contributed by atoms with E-state index in [-0.39, 0.29) is 5.57 Å². The Bertz CT molecular complexity index is 513. The van der Waals surface area contributed by atoms with Crippen molar-refractivity contribution in [2.24, 2.45) is 0 Å². The van der Waals surface area contributed by atoms with E-state index in [0.717, 1.165) is 0 Å². The third-order valence-corrected chi connectivity index (χ3v) is 2.47. The Morgan fingerprint density at radius 3 is 2.19 bits per heavy atom. The summed E-state index contributed by atoms with van der Waals surface area (Å²) in [7, 11) is 1.24. The van der Waals surface area contributed by atoms with Gasteiger partial charge in [0.25, 0.3) is 0 Å². The molecule has 0 saturated heterocycles. The minimum atomic E-state index is -0.950. The van der Waals surface area contributed by atoms with Gasteiger partial charge in [-0.2, -0.15) is 0 Å². The average molecular weight is 292 g/mol. The van der Waals surface area contributed by atoms with Crippen LogP contribution in [-0.4, -0.2) is 24.8 Å². The molecule has 0 N–H and O–H groups in total. The third kappa shape index (κ3) is 5.30. The van der Waals surface area contributed by atoms with E-state index in [1.807, 2.05) is 6.07 Å². The zero-order valence-corrected chi connectivity index (χ0v) is 12.7. The molecule has 0 fully saturated rings. The van der Waals surface area contributed by atoms with E-state index < -0.39 is 23.8 Å². The predicted octanol–water partition coefficient (Wildman–Crippen LogP) is 3.41. The Morgan fingerprint density at radius 2 is 1.71 bits per heavy atom. The number of esters is 1. The van der Waals surface area contributed by atoms with E-state index in [1.165, 1.54) is 7.11 Å². The Kier molecular flexibility index (Phi) is 5.52. The second-order valence-corrected chi connectivity index (χ2v) is 5.39. The lowest BCUT2D eigenvalue weighted by molar-refractivity contribution is -0.137. The van der Waals surface area contributed by atoms with Gasteiger partial charge in [0.15, 0.2) is 6.10 Å². The molecule has 0 saturated carbocycles. The molecule has 5 heteroatoms. The Morgan fingerprint density at radius 1 is 1.14 bits per heavy atom. The zero-order valence-electron chi connectivity index (χ0n) is 12.7. The number of carbonyl (C=O) groups is 2. The Hall–Kier alpha value is -2.30. The SMILES string of the molecule is C=C(C(=O)OC)[C@H](OC(=O)OC(C)(C)C)c1ccccc1. The van der Waals surface area contributed by atoms with Gasteiger partial charge in [-0.25, -0.2) is 9.59 Å². The molecule has 0 amide bonds. The van der Waals surface area contributed by atoms with Gasteiger partial charge in [0.2, 0.25) is 0 Å². The van der Waals surface area contributed by atoms with Gasteiger partial charge in [0, 0.05) is 0 Å². The maximum Gasteiger partial charge on any atom is 0.509 e. The van der Waals surface area contributed by atoms with Crippen molar-refractivity contribution in [2.75, 3.05) is 7.11 Å². The number of rotatable bonds is 4. The van der Waals surface area contributed by atoms with Gasteiger partial charge < -0.3 is 14.2 Å². The van der Waals surface area contributed by atoms with Crippen molar-refractivity contribution in [1.29, 1.82) is 0 Å². The first-order chi connectivity index (χ1) is 9.74. The topological polar surface area (TPSA) is 61.8 Å². The fraction of sp³-hybridized carbons (Fsp3) is 0.375. The first-order valence-corrected chi connectivity index (χ1v) is 6.46. The molecule has 0 heterocycles. The lowest BCUT2D eigenvalue weighted by Crippen LogP contribution is -2.27. The fourth-order valence-electron chi connectivity index (χ4n) is 1.58. The molecule has 1 aromatic rings. The van der Waals surface area contributed by atoms with Crippen LogP contribution in [0.4, 0.5) is 4.79 Å². The summed E-state index contributed by atoms with van der Waals surface area (Å²) in [6.45, 7) is 8.81. The van der Waals surface area contributed by atoms with E-state index in [0.29, 0.717) is 5.56 Å². The van der Waals surface area contributed by atoms with Crippen LogP contribution < -0.4 is 0 Å². The lowest BCUT2D eigenvalue weighted by Gasteiger charge is -2.23. The second-order valence-electron chi connectivity index (χ2n) is 5.39. The molecule has 1 rings (SSSR count). The number of benzene rings is 1.